The van der Waals surface area contributed by atoms with Crippen LogP contribution in [0.1, 0.15) is 5.56 Å². The average molecular weight is 311 g/mol. The second-order valence-corrected chi connectivity index (χ2v) is 5.04. The molecule has 1 aromatic rings. The van der Waals surface area contributed by atoms with Crippen LogP contribution in [0.3, 0.4) is 0 Å². The fourth-order valence-corrected chi connectivity index (χ4v) is 2.34. The summed E-state index contributed by atoms with van der Waals surface area (Å²) >= 11 is 3.54. The highest BCUT2D eigenvalue weighted by Crippen LogP contribution is 2.24. The first-order valence-electron chi connectivity index (χ1n) is 5.79. The van der Waals surface area contributed by atoms with Gasteiger partial charge in [-0.05, 0) is 23.8 Å². The standard InChI is InChI=1S/C13H15BrN2O2/c1-17-11-2-3-13(14)10(6-11)8-16-4-5-18-12(7-15)9-16/h2-3,6,12H,4-5,8-9H2,1H3. The predicted molar refractivity (Wildman–Crippen MR) is 71.3 cm³/mol. The van der Waals surface area contributed by atoms with Crippen molar-refractivity contribution in [1.82, 2.24) is 4.90 Å². The smallest absolute Gasteiger partial charge is 0.156 e. The molecule has 96 valence electrons. The number of nitriles is 1. The Kier molecular flexibility index (Phi) is 4.59. The van der Waals surface area contributed by atoms with Crippen LogP contribution >= 0.6 is 15.9 Å². The molecule has 1 atom stereocenters. The maximum absolute atomic E-state index is 8.88. The molecule has 0 aliphatic carbocycles. The predicted octanol–water partition coefficient (Wildman–Crippen LogP) is 2.18. The van der Waals surface area contributed by atoms with Crippen molar-refractivity contribution in [3.05, 3.63) is 28.2 Å². The third kappa shape index (κ3) is 3.22. The van der Waals surface area contributed by atoms with Gasteiger partial charge in [0, 0.05) is 24.1 Å². The third-order valence-electron chi connectivity index (χ3n) is 2.94. The number of hydrogen-bond acceptors (Lipinski definition) is 4. The quantitative estimate of drug-likeness (QED) is 0.858. The van der Waals surface area contributed by atoms with E-state index in [1.165, 1.54) is 0 Å². The van der Waals surface area contributed by atoms with Gasteiger partial charge in [-0.15, -0.1) is 0 Å². The van der Waals surface area contributed by atoms with Gasteiger partial charge in [-0.1, -0.05) is 15.9 Å². The molecule has 0 amide bonds. The molecular formula is C13H15BrN2O2. The molecule has 0 spiro atoms. The Morgan fingerprint density at radius 3 is 3.17 bits per heavy atom. The Balaban J connectivity index is 2.06. The normalized spacial score (nSPS) is 20.4. The lowest BCUT2D eigenvalue weighted by atomic mass is 10.2. The van der Waals surface area contributed by atoms with Gasteiger partial charge in [-0.3, -0.25) is 4.90 Å². The molecule has 0 bridgehead atoms. The first kappa shape index (κ1) is 13.3. The van der Waals surface area contributed by atoms with Gasteiger partial charge in [0.15, 0.2) is 6.10 Å². The van der Waals surface area contributed by atoms with Gasteiger partial charge >= 0.3 is 0 Å². The highest BCUT2D eigenvalue weighted by molar-refractivity contribution is 9.10. The van der Waals surface area contributed by atoms with E-state index >= 15 is 0 Å². The maximum Gasteiger partial charge on any atom is 0.156 e. The number of benzene rings is 1. The van der Waals surface area contributed by atoms with Gasteiger partial charge in [0.2, 0.25) is 0 Å². The minimum atomic E-state index is -0.317. The van der Waals surface area contributed by atoms with Crippen LogP contribution in [0.5, 0.6) is 5.75 Å². The van der Waals surface area contributed by atoms with E-state index in [2.05, 4.69) is 26.9 Å². The Morgan fingerprint density at radius 2 is 2.44 bits per heavy atom. The van der Waals surface area contributed by atoms with Crippen LogP contribution in [0.15, 0.2) is 22.7 Å². The molecule has 0 N–H and O–H groups in total. The highest BCUT2D eigenvalue weighted by atomic mass is 79.9. The largest absolute Gasteiger partial charge is 0.497 e. The topological polar surface area (TPSA) is 45.5 Å². The van der Waals surface area contributed by atoms with Gasteiger partial charge in [-0.25, -0.2) is 0 Å². The zero-order valence-electron chi connectivity index (χ0n) is 10.2. The number of rotatable bonds is 3. The fourth-order valence-electron chi connectivity index (χ4n) is 1.96. The zero-order valence-corrected chi connectivity index (χ0v) is 11.8. The Hall–Kier alpha value is -1.09. The van der Waals surface area contributed by atoms with Gasteiger partial charge in [0.25, 0.3) is 0 Å². The van der Waals surface area contributed by atoms with E-state index < -0.39 is 0 Å². The Bertz CT molecular complexity index is 459. The highest BCUT2D eigenvalue weighted by Gasteiger charge is 2.20. The van der Waals surface area contributed by atoms with Gasteiger partial charge in [-0.2, -0.15) is 5.26 Å². The van der Waals surface area contributed by atoms with Crippen molar-refractivity contribution in [2.45, 2.75) is 12.6 Å². The summed E-state index contributed by atoms with van der Waals surface area (Å²) in [5.41, 5.74) is 1.16. The molecule has 0 saturated carbocycles. The monoisotopic (exact) mass is 310 g/mol. The molecular weight excluding hydrogens is 296 g/mol. The molecule has 18 heavy (non-hydrogen) atoms. The molecule has 2 rings (SSSR count). The van der Waals surface area contributed by atoms with Crippen LogP contribution in [0.25, 0.3) is 0 Å². The Morgan fingerprint density at radius 1 is 1.61 bits per heavy atom. The van der Waals surface area contributed by atoms with E-state index in [1.807, 2.05) is 18.2 Å². The van der Waals surface area contributed by atoms with Crippen LogP contribution in [0, 0.1) is 11.3 Å². The van der Waals surface area contributed by atoms with Gasteiger partial charge in [0.05, 0.1) is 19.8 Å². The van der Waals surface area contributed by atoms with Crippen LogP contribution < -0.4 is 4.74 Å². The van der Waals surface area contributed by atoms with Crippen molar-refractivity contribution in [2.75, 3.05) is 26.8 Å². The summed E-state index contributed by atoms with van der Waals surface area (Å²) < 4.78 is 11.6. The molecule has 1 heterocycles. The van der Waals surface area contributed by atoms with Crippen LogP contribution in [-0.2, 0) is 11.3 Å². The second-order valence-electron chi connectivity index (χ2n) is 4.18. The molecule has 1 fully saturated rings. The van der Waals surface area contributed by atoms with Crippen molar-refractivity contribution in [2.24, 2.45) is 0 Å². The van der Waals surface area contributed by atoms with E-state index in [0.717, 1.165) is 28.9 Å². The summed E-state index contributed by atoms with van der Waals surface area (Å²) in [7, 11) is 1.66. The third-order valence-corrected chi connectivity index (χ3v) is 3.72. The number of halogens is 1. The molecule has 1 saturated heterocycles. The van der Waals surface area contributed by atoms with Crippen molar-refractivity contribution >= 4 is 15.9 Å². The molecule has 0 radical (unpaired) electrons. The number of nitrogens with zero attached hydrogens (tertiary/aromatic N) is 2. The number of morpholine rings is 1. The lowest BCUT2D eigenvalue weighted by Gasteiger charge is -2.29. The molecule has 4 nitrogen and oxygen atoms in total. The molecule has 1 unspecified atom stereocenters. The molecule has 5 heteroatoms. The van der Waals surface area contributed by atoms with Gasteiger partial charge in [0.1, 0.15) is 5.75 Å². The van der Waals surface area contributed by atoms with Crippen LogP contribution in [0.2, 0.25) is 0 Å². The fraction of sp³-hybridized carbons (Fsp3) is 0.462. The Labute approximate surface area is 115 Å². The van der Waals surface area contributed by atoms with E-state index in [1.54, 1.807) is 7.11 Å². The minimum absolute atomic E-state index is 0.317. The number of methoxy groups -OCH3 is 1. The SMILES string of the molecule is COc1ccc(Br)c(CN2CCOC(C#N)C2)c1. The maximum atomic E-state index is 8.88. The summed E-state index contributed by atoms with van der Waals surface area (Å²) in [5.74, 6) is 0.846. The molecule has 1 aliphatic rings. The first-order chi connectivity index (χ1) is 8.72. The molecule has 1 aliphatic heterocycles. The van der Waals surface area contributed by atoms with E-state index in [-0.39, 0.29) is 6.10 Å². The van der Waals surface area contributed by atoms with Crippen molar-refractivity contribution in [1.29, 1.82) is 5.26 Å². The van der Waals surface area contributed by atoms with Gasteiger partial charge < -0.3 is 9.47 Å². The lowest BCUT2D eigenvalue weighted by molar-refractivity contribution is -0.00277. The zero-order chi connectivity index (χ0) is 13.0. The summed E-state index contributed by atoms with van der Waals surface area (Å²) in [4.78, 5) is 2.22. The number of ether oxygens (including phenoxy) is 2. The van der Waals surface area contributed by atoms with Crippen molar-refractivity contribution < 1.29 is 9.47 Å². The van der Waals surface area contributed by atoms with Crippen LogP contribution in [0.4, 0.5) is 0 Å². The second kappa shape index (κ2) is 6.19. The van der Waals surface area contributed by atoms with Crippen molar-refractivity contribution in [3.8, 4) is 11.8 Å². The molecule has 0 aromatic heterocycles. The summed E-state index contributed by atoms with van der Waals surface area (Å²) in [5, 5.41) is 8.88. The van der Waals surface area contributed by atoms with Crippen molar-refractivity contribution in [3.63, 3.8) is 0 Å². The first-order valence-corrected chi connectivity index (χ1v) is 6.58. The van der Waals surface area contributed by atoms with Crippen LogP contribution in [-0.4, -0.2) is 37.8 Å². The summed E-state index contributed by atoms with van der Waals surface area (Å²) in [6.07, 6.45) is -0.317. The summed E-state index contributed by atoms with van der Waals surface area (Å²) in [6, 6.07) is 8.08. The number of hydrogen-bond donors (Lipinski definition) is 0. The minimum Gasteiger partial charge on any atom is -0.497 e. The van der Waals surface area contributed by atoms with E-state index in [9.17, 15) is 0 Å². The average Bonchev–Trinajstić information content (AvgIpc) is 2.41. The molecule has 1 aromatic carbocycles. The van der Waals surface area contributed by atoms with E-state index in [0.29, 0.717) is 13.2 Å². The lowest BCUT2D eigenvalue weighted by Crippen LogP contribution is -2.41. The summed E-state index contributed by atoms with van der Waals surface area (Å²) in [6.45, 7) is 2.90. The van der Waals surface area contributed by atoms with E-state index in [4.69, 9.17) is 14.7 Å².